The molecule has 0 fully saturated rings. The number of fused-ring (bicyclic) bond motifs is 1. The van der Waals surface area contributed by atoms with Gasteiger partial charge in [-0.05, 0) is 60.5 Å². The van der Waals surface area contributed by atoms with Crippen molar-refractivity contribution >= 4 is 39.8 Å². The molecule has 0 saturated heterocycles. The summed E-state index contributed by atoms with van der Waals surface area (Å²) in [6.45, 7) is 2.44. The van der Waals surface area contributed by atoms with E-state index < -0.39 is 0 Å². The highest BCUT2D eigenvalue weighted by atomic mass is 35.5. The Balaban J connectivity index is 1.85. The van der Waals surface area contributed by atoms with E-state index in [1.165, 1.54) is 0 Å². The number of carbonyl (C=O) groups excluding carboxylic acids is 1. The molecule has 0 spiro atoms. The molecule has 0 aliphatic rings. The Morgan fingerprint density at radius 2 is 1.97 bits per heavy atom. The summed E-state index contributed by atoms with van der Waals surface area (Å²) in [7, 11) is 1.65. The van der Waals surface area contributed by atoms with Gasteiger partial charge in [0.2, 0.25) is 0 Å². The lowest BCUT2D eigenvalue weighted by molar-refractivity contribution is 0.102. The Hall–Kier alpha value is -3.87. The average molecular weight is 471 g/mol. The summed E-state index contributed by atoms with van der Waals surface area (Å²) >= 11 is 6.08. The van der Waals surface area contributed by atoms with Gasteiger partial charge >= 0.3 is 0 Å². The molecule has 0 radical (unpaired) electrons. The molecule has 170 valence electrons. The van der Waals surface area contributed by atoms with Gasteiger partial charge in [0, 0.05) is 41.0 Å². The highest BCUT2D eigenvalue weighted by Gasteiger charge is 2.15. The van der Waals surface area contributed by atoms with Gasteiger partial charge in [-0.2, -0.15) is 0 Å². The van der Waals surface area contributed by atoms with Gasteiger partial charge in [-0.3, -0.25) is 9.78 Å². The number of nitrogens with one attached hydrogen (secondary N) is 1. The number of benzene rings is 2. The van der Waals surface area contributed by atoms with Crippen molar-refractivity contribution in [2.45, 2.75) is 6.92 Å². The van der Waals surface area contributed by atoms with Crippen LogP contribution >= 0.6 is 11.6 Å². The summed E-state index contributed by atoms with van der Waals surface area (Å²) in [5.41, 5.74) is 3.84. The van der Waals surface area contributed by atoms with Crippen LogP contribution in [0.1, 0.15) is 22.8 Å². The molecule has 0 unspecified atom stereocenters. The van der Waals surface area contributed by atoms with Gasteiger partial charge in [0.25, 0.3) is 5.91 Å². The van der Waals surface area contributed by atoms with Gasteiger partial charge in [-0.25, -0.2) is 9.97 Å². The minimum absolute atomic E-state index is 0.311. The number of amides is 1. The Morgan fingerprint density at radius 3 is 2.71 bits per heavy atom. The SMILES string of the molecule is C/C=C\C(=C/COC)c1ccc2nc(-c3cccnc3)nc(NC(=O)c3cccc(Cl)c3)c2c1. The number of nitrogens with zero attached hydrogens (tertiary/aromatic N) is 3. The van der Waals surface area contributed by atoms with Crippen LogP contribution in [0.3, 0.4) is 0 Å². The van der Waals surface area contributed by atoms with E-state index in [0.717, 1.165) is 16.7 Å². The Bertz CT molecular complexity index is 1380. The molecule has 1 amide bonds. The van der Waals surface area contributed by atoms with Gasteiger partial charge in [0.15, 0.2) is 5.82 Å². The van der Waals surface area contributed by atoms with Gasteiger partial charge in [-0.1, -0.05) is 42.0 Å². The Kier molecular flexibility index (Phi) is 7.42. The topological polar surface area (TPSA) is 77.0 Å². The second kappa shape index (κ2) is 10.8. The minimum atomic E-state index is -0.311. The fourth-order valence-electron chi connectivity index (χ4n) is 3.47. The molecule has 2 heterocycles. The predicted octanol–water partition coefficient (Wildman–Crippen LogP) is 6.20. The maximum Gasteiger partial charge on any atom is 0.256 e. The van der Waals surface area contributed by atoms with Crippen LogP contribution in [0.25, 0.3) is 27.9 Å². The monoisotopic (exact) mass is 470 g/mol. The Labute approximate surface area is 203 Å². The molecule has 6 nitrogen and oxygen atoms in total. The summed E-state index contributed by atoms with van der Waals surface area (Å²) in [5.74, 6) is 0.564. The first kappa shape index (κ1) is 23.3. The van der Waals surface area contributed by atoms with E-state index in [9.17, 15) is 4.79 Å². The number of carbonyl (C=O) groups is 1. The quantitative estimate of drug-likeness (QED) is 0.325. The molecular formula is C27H23ClN4O2. The number of aromatic nitrogens is 3. The third-order valence-corrected chi connectivity index (χ3v) is 5.32. The molecule has 0 aliphatic carbocycles. The molecule has 0 atom stereocenters. The summed E-state index contributed by atoms with van der Waals surface area (Å²) < 4.78 is 5.22. The first-order valence-electron chi connectivity index (χ1n) is 10.7. The van der Waals surface area contributed by atoms with Crippen molar-refractivity contribution in [3.8, 4) is 11.4 Å². The second-order valence-corrected chi connectivity index (χ2v) is 7.89. The molecule has 0 bridgehead atoms. The van der Waals surface area contributed by atoms with Crippen molar-refractivity contribution in [2.75, 3.05) is 19.0 Å². The lowest BCUT2D eigenvalue weighted by Gasteiger charge is -2.12. The largest absolute Gasteiger partial charge is 0.381 e. The van der Waals surface area contributed by atoms with E-state index in [4.69, 9.17) is 21.3 Å². The van der Waals surface area contributed by atoms with Crippen molar-refractivity contribution in [1.82, 2.24) is 15.0 Å². The highest BCUT2D eigenvalue weighted by molar-refractivity contribution is 6.31. The van der Waals surface area contributed by atoms with Crippen LogP contribution in [0.15, 0.2) is 85.2 Å². The molecule has 0 saturated carbocycles. The molecular weight excluding hydrogens is 448 g/mol. The van der Waals surface area contributed by atoms with Crippen molar-refractivity contribution < 1.29 is 9.53 Å². The molecule has 0 aliphatic heterocycles. The third-order valence-electron chi connectivity index (χ3n) is 5.08. The number of hydrogen-bond acceptors (Lipinski definition) is 5. The van der Waals surface area contributed by atoms with Crippen LogP contribution in [0.2, 0.25) is 5.02 Å². The second-order valence-electron chi connectivity index (χ2n) is 7.45. The number of anilines is 1. The van der Waals surface area contributed by atoms with E-state index in [0.29, 0.717) is 39.7 Å². The van der Waals surface area contributed by atoms with Gasteiger partial charge < -0.3 is 10.1 Å². The number of pyridine rings is 1. The van der Waals surface area contributed by atoms with E-state index >= 15 is 0 Å². The van der Waals surface area contributed by atoms with Gasteiger partial charge in [-0.15, -0.1) is 0 Å². The van der Waals surface area contributed by atoms with Crippen LogP contribution in [0.4, 0.5) is 5.82 Å². The van der Waals surface area contributed by atoms with Crippen molar-refractivity contribution in [3.05, 3.63) is 101 Å². The molecule has 2 aromatic heterocycles. The van der Waals surface area contributed by atoms with E-state index in [1.54, 1.807) is 43.8 Å². The number of halogens is 1. The zero-order valence-electron chi connectivity index (χ0n) is 18.8. The fourth-order valence-corrected chi connectivity index (χ4v) is 3.66. The number of hydrogen-bond donors (Lipinski definition) is 1. The summed E-state index contributed by atoms with van der Waals surface area (Å²) in [6, 6.07) is 16.4. The fraction of sp³-hybridized carbons (Fsp3) is 0.111. The van der Waals surface area contributed by atoms with Crippen molar-refractivity contribution in [2.24, 2.45) is 0 Å². The van der Waals surface area contributed by atoms with Crippen LogP contribution in [-0.4, -0.2) is 34.6 Å². The molecule has 1 N–H and O–H groups in total. The van der Waals surface area contributed by atoms with Crippen molar-refractivity contribution in [3.63, 3.8) is 0 Å². The smallest absolute Gasteiger partial charge is 0.256 e. The molecule has 34 heavy (non-hydrogen) atoms. The van der Waals surface area contributed by atoms with Crippen LogP contribution in [-0.2, 0) is 4.74 Å². The number of rotatable bonds is 7. The van der Waals surface area contributed by atoms with Crippen LogP contribution in [0, 0.1) is 0 Å². The first-order valence-corrected chi connectivity index (χ1v) is 11.1. The van der Waals surface area contributed by atoms with Crippen LogP contribution in [0.5, 0.6) is 0 Å². The molecule has 2 aromatic carbocycles. The number of ether oxygens (including phenoxy) is 1. The van der Waals surface area contributed by atoms with Gasteiger partial charge in [0.05, 0.1) is 12.1 Å². The summed E-state index contributed by atoms with van der Waals surface area (Å²) in [6.07, 6.45) is 9.35. The van der Waals surface area contributed by atoms with E-state index in [1.807, 2.05) is 55.5 Å². The zero-order chi connectivity index (χ0) is 23.9. The number of methoxy groups -OCH3 is 1. The maximum atomic E-state index is 13.0. The Morgan fingerprint density at radius 1 is 1.09 bits per heavy atom. The normalized spacial score (nSPS) is 11.8. The third kappa shape index (κ3) is 5.36. The average Bonchev–Trinajstić information content (AvgIpc) is 2.86. The van der Waals surface area contributed by atoms with Crippen molar-refractivity contribution in [1.29, 1.82) is 0 Å². The summed E-state index contributed by atoms with van der Waals surface area (Å²) in [4.78, 5) is 26.6. The zero-order valence-corrected chi connectivity index (χ0v) is 19.6. The summed E-state index contributed by atoms with van der Waals surface area (Å²) in [5, 5.41) is 4.15. The standard InChI is InChI=1S/C27H23ClN4O2/c1-3-6-18(12-14-34-2)19-10-11-24-23(16-19)26(31-25(30-24)21-8-5-13-29-17-21)32-27(33)20-7-4-9-22(28)15-20/h3-13,15-17H,14H2,1-2H3,(H,30,31,32,33)/b6-3-,18-12+. The molecule has 4 rings (SSSR count). The van der Waals surface area contributed by atoms with Gasteiger partial charge in [0.1, 0.15) is 5.82 Å². The number of allylic oxidation sites excluding steroid dienone is 3. The molecule has 4 aromatic rings. The van der Waals surface area contributed by atoms with Crippen LogP contribution < -0.4 is 5.32 Å². The predicted molar refractivity (Wildman–Crippen MR) is 137 cm³/mol. The lowest BCUT2D eigenvalue weighted by Crippen LogP contribution is -2.14. The molecule has 7 heteroatoms. The maximum absolute atomic E-state index is 13.0. The first-order chi connectivity index (χ1) is 16.6. The minimum Gasteiger partial charge on any atom is -0.381 e. The van der Waals surface area contributed by atoms with E-state index in [2.05, 4.69) is 15.3 Å². The highest BCUT2D eigenvalue weighted by Crippen LogP contribution is 2.29. The lowest BCUT2D eigenvalue weighted by atomic mass is 10.0. The van der Waals surface area contributed by atoms with E-state index in [-0.39, 0.29) is 5.91 Å².